The van der Waals surface area contributed by atoms with Gasteiger partial charge in [-0.1, -0.05) is 26.7 Å². The van der Waals surface area contributed by atoms with E-state index in [2.05, 4.69) is 11.8 Å². The Morgan fingerprint density at radius 3 is 2.54 bits per heavy atom. The summed E-state index contributed by atoms with van der Waals surface area (Å²) in [7, 11) is 1.55. The monoisotopic (exact) mass is 356 g/mol. The topological polar surface area (TPSA) is 52.6 Å². The molecule has 0 bridgehead atoms. The number of hydrogen-bond acceptors (Lipinski definition) is 4. The van der Waals surface area contributed by atoms with Crippen molar-refractivity contribution in [2.24, 2.45) is 5.92 Å². The first kappa shape index (κ1) is 21.5. The molecular formula is C22H28O4. The standard InChI is InChI=1S/C20H22O4.C2H6/c1-5-7-14-8-10-16(18(12-14)23-4)19-17(22)11-9-15(6-2)20(19)24-13(3)21;1-2/h8,10,12,15H,6,9,11H2,1-4H3;1-2H3. The second kappa shape index (κ2) is 10.5. The molecule has 0 N–H and O–H groups in total. The van der Waals surface area contributed by atoms with E-state index in [1.807, 2.05) is 32.9 Å². The number of Topliss-reactive ketones (excluding diaryl/α,β-unsaturated/α-hetero) is 1. The van der Waals surface area contributed by atoms with Crippen LogP contribution in [0.4, 0.5) is 0 Å². The molecule has 0 fully saturated rings. The first-order valence-electron chi connectivity index (χ1n) is 9.08. The summed E-state index contributed by atoms with van der Waals surface area (Å²) in [6.45, 7) is 9.14. The van der Waals surface area contributed by atoms with Gasteiger partial charge in [0, 0.05) is 30.4 Å². The number of esters is 1. The van der Waals surface area contributed by atoms with Crippen molar-refractivity contribution in [2.75, 3.05) is 7.11 Å². The molecule has 0 heterocycles. The molecule has 1 aliphatic carbocycles. The molecule has 4 heteroatoms. The lowest BCUT2D eigenvalue weighted by Gasteiger charge is -2.26. The third kappa shape index (κ3) is 4.98. The van der Waals surface area contributed by atoms with E-state index in [0.29, 0.717) is 35.5 Å². The average Bonchev–Trinajstić information content (AvgIpc) is 2.64. The molecule has 0 aliphatic heterocycles. The van der Waals surface area contributed by atoms with E-state index in [4.69, 9.17) is 9.47 Å². The van der Waals surface area contributed by atoms with Crippen molar-refractivity contribution in [3.05, 3.63) is 35.1 Å². The van der Waals surface area contributed by atoms with Gasteiger partial charge in [0.1, 0.15) is 11.5 Å². The minimum absolute atomic E-state index is 0.0245. The van der Waals surface area contributed by atoms with Crippen LogP contribution in [0.5, 0.6) is 5.75 Å². The summed E-state index contributed by atoms with van der Waals surface area (Å²) in [5.41, 5.74) is 1.91. The Bertz CT molecular complexity index is 747. The molecule has 1 aromatic rings. The highest BCUT2D eigenvalue weighted by molar-refractivity contribution is 6.23. The summed E-state index contributed by atoms with van der Waals surface area (Å²) in [6.07, 6.45) is 1.95. The van der Waals surface area contributed by atoms with E-state index >= 15 is 0 Å². The number of methoxy groups -OCH3 is 1. The Balaban J connectivity index is 0.00000163. The summed E-state index contributed by atoms with van der Waals surface area (Å²) in [5, 5.41) is 0. The molecule has 0 amide bonds. The van der Waals surface area contributed by atoms with Crippen LogP contribution < -0.4 is 4.74 Å². The van der Waals surface area contributed by atoms with Crippen LogP contribution in [-0.2, 0) is 14.3 Å². The van der Waals surface area contributed by atoms with Crippen molar-refractivity contribution < 1.29 is 19.1 Å². The normalized spacial score (nSPS) is 16.1. The van der Waals surface area contributed by atoms with E-state index in [1.165, 1.54) is 6.92 Å². The van der Waals surface area contributed by atoms with Crippen molar-refractivity contribution in [3.8, 4) is 17.6 Å². The number of benzene rings is 1. The molecule has 1 atom stereocenters. The Kier molecular flexibility index (Phi) is 8.64. The molecule has 1 aliphatic rings. The van der Waals surface area contributed by atoms with Crippen LogP contribution in [0, 0.1) is 17.8 Å². The minimum atomic E-state index is -0.414. The quantitative estimate of drug-likeness (QED) is 0.577. The van der Waals surface area contributed by atoms with Gasteiger partial charge < -0.3 is 9.47 Å². The molecule has 140 valence electrons. The number of carbonyl (C=O) groups is 2. The minimum Gasteiger partial charge on any atom is -0.496 e. The Hall–Kier alpha value is -2.54. The van der Waals surface area contributed by atoms with Gasteiger partial charge in [0.15, 0.2) is 5.78 Å². The Morgan fingerprint density at radius 2 is 2.00 bits per heavy atom. The lowest BCUT2D eigenvalue weighted by molar-refractivity contribution is -0.137. The van der Waals surface area contributed by atoms with Crippen LogP contribution in [0.1, 0.15) is 65.0 Å². The third-order valence-electron chi connectivity index (χ3n) is 4.10. The maximum Gasteiger partial charge on any atom is 0.307 e. The summed E-state index contributed by atoms with van der Waals surface area (Å²) in [4.78, 5) is 24.1. The number of hydrogen-bond donors (Lipinski definition) is 0. The summed E-state index contributed by atoms with van der Waals surface area (Å²) in [5.74, 6) is 6.45. The van der Waals surface area contributed by atoms with E-state index in [-0.39, 0.29) is 11.7 Å². The summed E-state index contributed by atoms with van der Waals surface area (Å²) in [6, 6.07) is 5.45. The molecule has 0 spiro atoms. The Labute approximate surface area is 156 Å². The van der Waals surface area contributed by atoms with Gasteiger partial charge >= 0.3 is 5.97 Å². The second-order valence-electron chi connectivity index (χ2n) is 5.69. The lowest BCUT2D eigenvalue weighted by atomic mass is 9.82. The number of carbonyl (C=O) groups excluding carboxylic acids is 2. The predicted molar refractivity (Wildman–Crippen MR) is 104 cm³/mol. The van der Waals surface area contributed by atoms with Crippen molar-refractivity contribution in [2.45, 2.75) is 53.9 Å². The van der Waals surface area contributed by atoms with E-state index in [1.54, 1.807) is 20.1 Å². The largest absolute Gasteiger partial charge is 0.496 e. The molecule has 2 rings (SSSR count). The van der Waals surface area contributed by atoms with Crippen LogP contribution in [0.2, 0.25) is 0 Å². The van der Waals surface area contributed by atoms with Gasteiger partial charge in [0.05, 0.1) is 12.7 Å². The lowest BCUT2D eigenvalue weighted by Crippen LogP contribution is -2.22. The van der Waals surface area contributed by atoms with E-state index in [0.717, 1.165) is 12.0 Å². The molecule has 4 nitrogen and oxygen atoms in total. The van der Waals surface area contributed by atoms with Crippen LogP contribution in [0.25, 0.3) is 5.57 Å². The van der Waals surface area contributed by atoms with Crippen LogP contribution in [0.3, 0.4) is 0 Å². The van der Waals surface area contributed by atoms with Crippen LogP contribution >= 0.6 is 0 Å². The summed E-state index contributed by atoms with van der Waals surface area (Å²) >= 11 is 0. The highest BCUT2D eigenvalue weighted by Gasteiger charge is 2.32. The summed E-state index contributed by atoms with van der Waals surface area (Å²) < 4.78 is 10.9. The van der Waals surface area contributed by atoms with E-state index < -0.39 is 5.97 Å². The van der Waals surface area contributed by atoms with Crippen molar-refractivity contribution in [1.29, 1.82) is 0 Å². The molecule has 0 radical (unpaired) electrons. The third-order valence-corrected chi connectivity index (χ3v) is 4.10. The fourth-order valence-corrected chi connectivity index (χ4v) is 2.98. The van der Waals surface area contributed by atoms with Gasteiger partial charge in [-0.05, 0) is 38.0 Å². The molecule has 1 aromatic carbocycles. The van der Waals surface area contributed by atoms with Gasteiger partial charge in [-0.25, -0.2) is 0 Å². The first-order chi connectivity index (χ1) is 12.5. The zero-order chi connectivity index (χ0) is 19.7. The second-order valence-corrected chi connectivity index (χ2v) is 5.69. The highest BCUT2D eigenvalue weighted by atomic mass is 16.5. The average molecular weight is 356 g/mol. The van der Waals surface area contributed by atoms with Gasteiger partial charge in [-0.2, -0.15) is 0 Å². The molecule has 1 unspecified atom stereocenters. The molecular weight excluding hydrogens is 328 g/mol. The molecule has 0 aromatic heterocycles. The smallest absolute Gasteiger partial charge is 0.307 e. The zero-order valence-corrected chi connectivity index (χ0v) is 16.6. The fraction of sp³-hybridized carbons (Fsp3) is 0.455. The molecule has 26 heavy (non-hydrogen) atoms. The number of ether oxygens (including phenoxy) is 2. The van der Waals surface area contributed by atoms with Crippen molar-refractivity contribution in [1.82, 2.24) is 0 Å². The SMILES string of the molecule is CC.CC#Cc1ccc(C2=C(OC(C)=O)C(CC)CCC2=O)c(OC)c1. The molecule has 0 saturated carbocycles. The zero-order valence-electron chi connectivity index (χ0n) is 16.6. The highest BCUT2D eigenvalue weighted by Crippen LogP contribution is 2.39. The predicted octanol–water partition coefficient (Wildman–Crippen LogP) is 4.76. The maximum atomic E-state index is 12.6. The van der Waals surface area contributed by atoms with Gasteiger partial charge in [-0.15, -0.1) is 5.92 Å². The van der Waals surface area contributed by atoms with Gasteiger partial charge in [0.25, 0.3) is 0 Å². The van der Waals surface area contributed by atoms with Crippen molar-refractivity contribution in [3.63, 3.8) is 0 Å². The maximum absolute atomic E-state index is 12.6. The first-order valence-corrected chi connectivity index (χ1v) is 9.08. The van der Waals surface area contributed by atoms with Crippen LogP contribution in [-0.4, -0.2) is 18.9 Å². The van der Waals surface area contributed by atoms with Crippen molar-refractivity contribution >= 4 is 17.3 Å². The fourth-order valence-electron chi connectivity index (χ4n) is 2.98. The van der Waals surface area contributed by atoms with Crippen LogP contribution in [0.15, 0.2) is 24.0 Å². The van der Waals surface area contributed by atoms with Gasteiger partial charge in [0.2, 0.25) is 0 Å². The number of allylic oxidation sites excluding steroid dienone is 2. The van der Waals surface area contributed by atoms with E-state index in [9.17, 15) is 9.59 Å². The van der Waals surface area contributed by atoms with Gasteiger partial charge in [-0.3, -0.25) is 9.59 Å². The molecule has 0 saturated heterocycles. The number of rotatable bonds is 4. The number of ketones is 1. The Morgan fingerprint density at radius 1 is 1.31 bits per heavy atom.